The van der Waals surface area contributed by atoms with E-state index in [0.717, 1.165) is 24.9 Å². The first-order valence-corrected chi connectivity index (χ1v) is 8.82. The zero-order valence-corrected chi connectivity index (χ0v) is 15.4. The molecule has 0 bridgehead atoms. The Labute approximate surface area is 155 Å². The minimum Gasteiger partial charge on any atom is -0.384 e. The summed E-state index contributed by atoms with van der Waals surface area (Å²) >= 11 is 0. The van der Waals surface area contributed by atoms with Gasteiger partial charge in [0.15, 0.2) is 0 Å². The minimum atomic E-state index is 0.141. The molecular formula is C20H26N6. The van der Waals surface area contributed by atoms with Crippen LogP contribution in [0.25, 0.3) is 0 Å². The molecule has 4 N–H and O–H groups in total. The largest absolute Gasteiger partial charge is 0.384 e. The van der Waals surface area contributed by atoms with Gasteiger partial charge in [-0.2, -0.15) is 5.26 Å². The molecule has 0 spiro atoms. The molecule has 0 heterocycles. The van der Waals surface area contributed by atoms with Crippen molar-refractivity contribution >= 4 is 17.5 Å². The molecule has 0 saturated heterocycles. The lowest BCUT2D eigenvalue weighted by molar-refractivity contribution is 0.713. The van der Waals surface area contributed by atoms with Gasteiger partial charge < -0.3 is 16.4 Å². The van der Waals surface area contributed by atoms with Crippen molar-refractivity contribution in [3.8, 4) is 6.07 Å². The quantitative estimate of drug-likeness (QED) is 0.399. The van der Waals surface area contributed by atoms with E-state index < -0.39 is 0 Å². The van der Waals surface area contributed by atoms with Crippen molar-refractivity contribution < 1.29 is 0 Å². The summed E-state index contributed by atoms with van der Waals surface area (Å²) in [5.74, 6) is 1.08. The van der Waals surface area contributed by atoms with Crippen LogP contribution in [0.4, 0.5) is 5.69 Å². The van der Waals surface area contributed by atoms with Crippen molar-refractivity contribution in [3.63, 3.8) is 0 Å². The lowest BCUT2D eigenvalue weighted by Crippen LogP contribution is -2.30. The molecule has 1 aliphatic carbocycles. The van der Waals surface area contributed by atoms with Crippen LogP contribution in [0.15, 0.2) is 58.7 Å². The second-order valence-corrected chi connectivity index (χ2v) is 6.32. The van der Waals surface area contributed by atoms with Gasteiger partial charge in [0.1, 0.15) is 5.84 Å². The van der Waals surface area contributed by atoms with E-state index >= 15 is 0 Å². The van der Waals surface area contributed by atoms with E-state index in [1.165, 1.54) is 0 Å². The molecule has 1 atom stereocenters. The smallest absolute Gasteiger partial charge is 0.200 e. The highest BCUT2D eigenvalue weighted by Crippen LogP contribution is 2.23. The summed E-state index contributed by atoms with van der Waals surface area (Å²) in [5, 5.41) is 15.4. The number of hydrogen-bond donors (Lipinski definition) is 3. The first-order chi connectivity index (χ1) is 12.5. The number of nitrogens with two attached hydrogens (primary N) is 1. The van der Waals surface area contributed by atoms with E-state index in [0.29, 0.717) is 29.1 Å². The van der Waals surface area contributed by atoms with Crippen LogP contribution in [0, 0.1) is 11.3 Å². The molecule has 0 aliphatic heterocycles. The van der Waals surface area contributed by atoms with Crippen molar-refractivity contribution in [1.29, 1.82) is 5.26 Å². The molecule has 6 heteroatoms. The van der Waals surface area contributed by atoms with E-state index in [9.17, 15) is 0 Å². The third kappa shape index (κ3) is 6.81. The number of benzene rings is 1. The lowest BCUT2D eigenvalue weighted by Gasteiger charge is -2.15. The highest BCUT2D eigenvalue weighted by molar-refractivity contribution is 5.96. The second kappa shape index (κ2) is 9.42. The molecule has 1 saturated carbocycles. The maximum Gasteiger partial charge on any atom is 0.200 e. The number of nitrogens with one attached hydrogen (secondary N) is 2. The lowest BCUT2D eigenvalue weighted by atomic mass is 10.2. The first-order valence-electron chi connectivity index (χ1n) is 8.82. The normalized spacial score (nSPS) is 16.2. The Kier molecular flexibility index (Phi) is 6.98. The number of amidine groups is 1. The average Bonchev–Trinajstić information content (AvgIpc) is 3.43. The standard InChI is InChI=1S/C20H26N6/c1-4-14(2)23-20(26-18-7-5-6-16(12-18)13-21)24-15(3)8-11-19(22)25-17-9-10-17/h5-8,11-12,14,17H,3-4,9-10H2,1-2H3,(H2,22,25)(H2,23,24,26)/b11-8-. The van der Waals surface area contributed by atoms with E-state index in [4.69, 9.17) is 11.0 Å². The number of nitriles is 1. The Hall–Kier alpha value is -3.07. The third-order valence-electron chi connectivity index (χ3n) is 3.81. The van der Waals surface area contributed by atoms with Gasteiger partial charge in [0.05, 0.1) is 23.7 Å². The highest BCUT2D eigenvalue weighted by Gasteiger charge is 2.19. The maximum absolute atomic E-state index is 9.04. The summed E-state index contributed by atoms with van der Waals surface area (Å²) in [6.07, 6.45) is 6.66. The van der Waals surface area contributed by atoms with E-state index in [1.54, 1.807) is 24.3 Å². The molecule has 26 heavy (non-hydrogen) atoms. The summed E-state index contributed by atoms with van der Waals surface area (Å²) in [6.45, 7) is 8.10. The van der Waals surface area contributed by atoms with Crippen molar-refractivity contribution in [3.05, 3.63) is 54.3 Å². The first kappa shape index (κ1) is 19.3. The fourth-order valence-electron chi connectivity index (χ4n) is 2.05. The van der Waals surface area contributed by atoms with Crippen LogP contribution in [0.1, 0.15) is 38.7 Å². The molecule has 2 rings (SSSR count). The van der Waals surface area contributed by atoms with E-state index in [-0.39, 0.29) is 6.04 Å². The Morgan fingerprint density at radius 2 is 2.23 bits per heavy atom. The Balaban J connectivity index is 2.06. The zero-order chi connectivity index (χ0) is 18.9. The molecule has 1 aromatic carbocycles. The molecule has 1 aliphatic rings. The topological polar surface area (TPSA) is 98.6 Å². The fourth-order valence-corrected chi connectivity index (χ4v) is 2.05. The Bertz CT molecular complexity index is 765. The molecule has 0 amide bonds. The van der Waals surface area contributed by atoms with Gasteiger partial charge in [-0.1, -0.05) is 19.6 Å². The van der Waals surface area contributed by atoms with Crippen LogP contribution in [0.3, 0.4) is 0 Å². The van der Waals surface area contributed by atoms with Gasteiger partial charge in [0, 0.05) is 11.4 Å². The zero-order valence-electron chi connectivity index (χ0n) is 15.4. The molecule has 1 fully saturated rings. The molecule has 1 unspecified atom stereocenters. The van der Waals surface area contributed by atoms with Gasteiger partial charge in [0.25, 0.3) is 0 Å². The monoisotopic (exact) mass is 350 g/mol. The predicted octanol–water partition coefficient (Wildman–Crippen LogP) is 3.30. The molecule has 1 aromatic rings. The van der Waals surface area contributed by atoms with E-state index in [1.807, 2.05) is 19.1 Å². The number of guanidine groups is 1. The Morgan fingerprint density at radius 1 is 1.46 bits per heavy atom. The van der Waals surface area contributed by atoms with Crippen molar-refractivity contribution in [1.82, 2.24) is 5.32 Å². The average molecular weight is 350 g/mol. The summed E-state index contributed by atoms with van der Waals surface area (Å²) < 4.78 is 0. The van der Waals surface area contributed by atoms with Crippen LogP contribution >= 0.6 is 0 Å². The minimum absolute atomic E-state index is 0.141. The van der Waals surface area contributed by atoms with Gasteiger partial charge in [-0.15, -0.1) is 0 Å². The van der Waals surface area contributed by atoms with Crippen LogP contribution < -0.4 is 16.4 Å². The Morgan fingerprint density at radius 3 is 2.88 bits per heavy atom. The number of aliphatic imine (C=N–C) groups is 2. The van der Waals surface area contributed by atoms with Crippen LogP contribution in [-0.2, 0) is 0 Å². The number of anilines is 1. The summed E-state index contributed by atoms with van der Waals surface area (Å²) in [5.41, 5.74) is 7.88. The summed E-state index contributed by atoms with van der Waals surface area (Å²) in [6, 6.07) is 9.89. The molecule has 6 nitrogen and oxygen atoms in total. The SMILES string of the molecule is C=C(/C=C\C(N)=NC1CC1)NC(=NC(C)CC)Nc1cccc(C#N)c1. The summed E-state index contributed by atoms with van der Waals surface area (Å²) in [4.78, 5) is 8.98. The van der Waals surface area contributed by atoms with Crippen molar-refractivity contribution in [2.45, 2.75) is 45.2 Å². The predicted molar refractivity (Wildman–Crippen MR) is 108 cm³/mol. The van der Waals surface area contributed by atoms with Crippen LogP contribution in [0.2, 0.25) is 0 Å². The maximum atomic E-state index is 9.04. The van der Waals surface area contributed by atoms with Gasteiger partial charge in [-0.05, 0) is 56.5 Å². The molecule has 136 valence electrons. The molecular weight excluding hydrogens is 324 g/mol. The van der Waals surface area contributed by atoms with Crippen LogP contribution in [-0.4, -0.2) is 23.9 Å². The summed E-state index contributed by atoms with van der Waals surface area (Å²) in [7, 11) is 0. The van der Waals surface area contributed by atoms with Gasteiger partial charge in [0.2, 0.25) is 5.96 Å². The van der Waals surface area contributed by atoms with E-state index in [2.05, 4.69) is 40.2 Å². The molecule has 0 aromatic heterocycles. The van der Waals surface area contributed by atoms with Crippen LogP contribution in [0.5, 0.6) is 0 Å². The van der Waals surface area contributed by atoms with Gasteiger partial charge in [-0.25, -0.2) is 4.99 Å². The number of nitrogens with zero attached hydrogens (tertiary/aromatic N) is 3. The van der Waals surface area contributed by atoms with Crippen molar-refractivity contribution in [2.75, 3.05) is 5.32 Å². The molecule has 0 radical (unpaired) electrons. The second-order valence-electron chi connectivity index (χ2n) is 6.32. The van der Waals surface area contributed by atoms with Gasteiger partial charge in [-0.3, -0.25) is 4.99 Å². The number of rotatable bonds is 7. The highest BCUT2D eigenvalue weighted by atomic mass is 15.2. The number of hydrogen-bond acceptors (Lipinski definition) is 3. The third-order valence-corrected chi connectivity index (χ3v) is 3.81. The van der Waals surface area contributed by atoms with Gasteiger partial charge >= 0.3 is 0 Å². The number of allylic oxidation sites excluding steroid dienone is 1. The van der Waals surface area contributed by atoms with Crippen molar-refractivity contribution in [2.24, 2.45) is 15.7 Å². The fraction of sp³-hybridized carbons (Fsp3) is 0.350.